The Morgan fingerprint density at radius 2 is 2.11 bits per heavy atom. The molecule has 0 atom stereocenters. The Morgan fingerprint density at radius 1 is 1.56 bits per heavy atom. The Labute approximate surface area is 54.7 Å². The second kappa shape index (κ2) is 4.06. The molecule has 0 aromatic heterocycles. The van der Waals surface area contributed by atoms with Crippen molar-refractivity contribution in [3.8, 4) is 0 Å². The smallest absolute Gasteiger partial charge is 0.220 e. The lowest BCUT2D eigenvalue weighted by Gasteiger charge is -1.75. The van der Waals surface area contributed by atoms with Gasteiger partial charge < -0.3 is 4.84 Å². The van der Waals surface area contributed by atoms with Gasteiger partial charge >= 0.3 is 0 Å². The molecule has 0 radical (unpaired) electrons. The molecule has 1 aliphatic heterocycles. The van der Waals surface area contributed by atoms with Crippen LogP contribution < -0.4 is 0 Å². The molecule has 1 rings (SSSR count). The highest BCUT2D eigenvalue weighted by Crippen LogP contribution is 1.92. The Balaban J connectivity index is 0.000000291. The van der Waals surface area contributed by atoms with Gasteiger partial charge in [0, 0.05) is 0 Å². The van der Waals surface area contributed by atoms with Crippen LogP contribution >= 0.6 is 0 Å². The van der Waals surface area contributed by atoms with Crippen LogP contribution in [0.4, 0.5) is 0 Å². The van der Waals surface area contributed by atoms with E-state index < -0.39 is 0 Å². The first-order valence-corrected chi connectivity index (χ1v) is 3.00. The molecule has 0 unspecified atom stereocenters. The molecule has 3 heteroatoms. The van der Waals surface area contributed by atoms with Gasteiger partial charge in [0.1, 0.15) is 5.71 Å². The molecule has 0 saturated carbocycles. The first kappa shape index (κ1) is 8.14. The lowest BCUT2D eigenvalue weighted by Crippen LogP contribution is -2.06. The molecule has 1 aliphatic rings. The summed E-state index contributed by atoms with van der Waals surface area (Å²) in [5.41, 5.74) is 0.472. The van der Waals surface area contributed by atoms with Crippen molar-refractivity contribution in [1.29, 1.82) is 0 Å². The highest BCUT2D eigenvalue weighted by molar-refractivity contribution is 6.40. The molecule has 0 spiro atoms. The first-order chi connectivity index (χ1) is 4.30. The monoisotopic (exact) mass is 129 g/mol. The lowest BCUT2D eigenvalue weighted by atomic mass is 10.3. The molecule has 1 heterocycles. The van der Waals surface area contributed by atoms with Gasteiger partial charge in [0.2, 0.25) is 5.78 Å². The third-order valence-corrected chi connectivity index (χ3v) is 0.801. The van der Waals surface area contributed by atoms with Gasteiger partial charge in [-0.25, -0.2) is 0 Å². The number of carbonyl (C=O) groups excluding carboxylic acids is 1. The average molecular weight is 129 g/mol. The van der Waals surface area contributed by atoms with E-state index in [2.05, 4.69) is 9.99 Å². The minimum atomic E-state index is -0.0139. The van der Waals surface area contributed by atoms with Crippen LogP contribution in [-0.2, 0) is 9.63 Å². The number of Topliss-reactive ketones (excluding diaryl/α,β-unsaturated/α-hetero) is 1. The minimum Gasteiger partial charge on any atom is -0.387 e. The summed E-state index contributed by atoms with van der Waals surface area (Å²) in [4.78, 5) is 14.7. The van der Waals surface area contributed by atoms with Gasteiger partial charge in [-0.1, -0.05) is 19.0 Å². The summed E-state index contributed by atoms with van der Waals surface area (Å²) >= 11 is 0. The lowest BCUT2D eigenvalue weighted by molar-refractivity contribution is -0.114. The zero-order chi connectivity index (χ0) is 7.28. The van der Waals surface area contributed by atoms with Crippen LogP contribution in [0.15, 0.2) is 5.16 Å². The Bertz CT molecular complexity index is 129. The van der Waals surface area contributed by atoms with E-state index in [0.717, 1.165) is 0 Å². The summed E-state index contributed by atoms with van der Waals surface area (Å²) in [6.07, 6.45) is 0. The molecule has 0 saturated heterocycles. The van der Waals surface area contributed by atoms with E-state index in [1.54, 1.807) is 6.92 Å². The SMILES string of the molecule is CC.CC1=NOCC1=O. The van der Waals surface area contributed by atoms with Gasteiger partial charge in [0.25, 0.3) is 0 Å². The zero-order valence-corrected chi connectivity index (χ0v) is 5.97. The van der Waals surface area contributed by atoms with Crippen LogP contribution in [0.1, 0.15) is 20.8 Å². The largest absolute Gasteiger partial charge is 0.387 e. The fourth-order valence-corrected chi connectivity index (χ4v) is 0.343. The maximum atomic E-state index is 10.3. The van der Waals surface area contributed by atoms with E-state index in [1.165, 1.54) is 0 Å². The number of hydrogen-bond acceptors (Lipinski definition) is 3. The molecule has 52 valence electrons. The summed E-state index contributed by atoms with van der Waals surface area (Å²) in [5.74, 6) is -0.0139. The number of rotatable bonds is 0. The molecule has 0 bridgehead atoms. The number of oxime groups is 1. The average Bonchev–Trinajstić information content (AvgIpc) is 2.23. The molecule has 0 aliphatic carbocycles. The number of ketones is 1. The molecular weight excluding hydrogens is 118 g/mol. The van der Waals surface area contributed by atoms with E-state index in [1.807, 2.05) is 13.8 Å². The number of nitrogens with zero attached hydrogens (tertiary/aromatic N) is 1. The third-order valence-electron chi connectivity index (χ3n) is 0.801. The van der Waals surface area contributed by atoms with Crippen molar-refractivity contribution in [2.75, 3.05) is 6.61 Å². The predicted molar refractivity (Wildman–Crippen MR) is 35.4 cm³/mol. The maximum Gasteiger partial charge on any atom is 0.220 e. The van der Waals surface area contributed by atoms with Crippen molar-refractivity contribution in [2.45, 2.75) is 20.8 Å². The molecule has 3 nitrogen and oxygen atoms in total. The highest BCUT2D eigenvalue weighted by atomic mass is 16.6. The Morgan fingerprint density at radius 3 is 2.22 bits per heavy atom. The van der Waals surface area contributed by atoms with Crippen molar-refractivity contribution in [2.24, 2.45) is 5.16 Å². The summed E-state index contributed by atoms with van der Waals surface area (Å²) < 4.78 is 0. The molecular formula is C6H11NO2. The topological polar surface area (TPSA) is 38.7 Å². The predicted octanol–water partition coefficient (Wildman–Crippen LogP) is 0.988. The van der Waals surface area contributed by atoms with Gasteiger partial charge in [-0.2, -0.15) is 0 Å². The molecule has 0 aromatic rings. The van der Waals surface area contributed by atoms with Crippen LogP contribution in [-0.4, -0.2) is 18.1 Å². The molecule has 0 aromatic carbocycles. The van der Waals surface area contributed by atoms with E-state index in [9.17, 15) is 4.79 Å². The van der Waals surface area contributed by atoms with E-state index in [-0.39, 0.29) is 12.4 Å². The molecule has 9 heavy (non-hydrogen) atoms. The van der Waals surface area contributed by atoms with Gasteiger partial charge in [-0.3, -0.25) is 4.79 Å². The number of hydrogen-bond donors (Lipinski definition) is 0. The third kappa shape index (κ3) is 2.26. The van der Waals surface area contributed by atoms with Crippen molar-refractivity contribution in [1.82, 2.24) is 0 Å². The van der Waals surface area contributed by atoms with Crippen molar-refractivity contribution in [3.05, 3.63) is 0 Å². The van der Waals surface area contributed by atoms with Crippen LogP contribution in [0.5, 0.6) is 0 Å². The van der Waals surface area contributed by atoms with Crippen LogP contribution in [0, 0.1) is 0 Å². The number of carbonyl (C=O) groups is 1. The zero-order valence-electron chi connectivity index (χ0n) is 5.97. The standard InChI is InChI=1S/C4H5NO2.C2H6/c1-3-4(6)2-7-5-3;1-2/h2H2,1H3;1-2H3. The fraction of sp³-hybridized carbons (Fsp3) is 0.667. The van der Waals surface area contributed by atoms with Crippen molar-refractivity contribution < 1.29 is 9.63 Å². The molecule has 0 amide bonds. The van der Waals surface area contributed by atoms with E-state index in [4.69, 9.17) is 0 Å². The van der Waals surface area contributed by atoms with E-state index >= 15 is 0 Å². The van der Waals surface area contributed by atoms with E-state index in [0.29, 0.717) is 5.71 Å². The van der Waals surface area contributed by atoms with Crippen molar-refractivity contribution >= 4 is 11.5 Å². The van der Waals surface area contributed by atoms with Gasteiger partial charge in [0.05, 0.1) is 0 Å². The summed E-state index contributed by atoms with van der Waals surface area (Å²) in [5, 5.41) is 3.38. The van der Waals surface area contributed by atoms with Crippen molar-refractivity contribution in [3.63, 3.8) is 0 Å². The van der Waals surface area contributed by atoms with Gasteiger partial charge in [-0.05, 0) is 6.92 Å². The second-order valence-corrected chi connectivity index (χ2v) is 1.37. The van der Waals surface area contributed by atoms with Crippen LogP contribution in [0.25, 0.3) is 0 Å². The Kier molecular flexibility index (Phi) is 3.67. The van der Waals surface area contributed by atoms with Crippen LogP contribution in [0.2, 0.25) is 0 Å². The molecule has 0 N–H and O–H groups in total. The second-order valence-electron chi connectivity index (χ2n) is 1.37. The normalized spacial score (nSPS) is 15.4. The quantitative estimate of drug-likeness (QED) is 0.489. The summed E-state index contributed by atoms with van der Waals surface area (Å²) in [6.45, 7) is 5.77. The molecule has 0 fully saturated rings. The van der Waals surface area contributed by atoms with Gasteiger partial charge in [-0.15, -0.1) is 0 Å². The van der Waals surface area contributed by atoms with Crippen LogP contribution in [0.3, 0.4) is 0 Å². The Hall–Kier alpha value is -0.860. The fourth-order valence-electron chi connectivity index (χ4n) is 0.343. The first-order valence-electron chi connectivity index (χ1n) is 3.00. The maximum absolute atomic E-state index is 10.3. The highest BCUT2D eigenvalue weighted by Gasteiger charge is 2.12. The minimum absolute atomic E-state index is 0.0139. The summed E-state index contributed by atoms with van der Waals surface area (Å²) in [6, 6.07) is 0. The summed E-state index contributed by atoms with van der Waals surface area (Å²) in [7, 11) is 0. The van der Waals surface area contributed by atoms with Gasteiger partial charge in [0.15, 0.2) is 6.61 Å².